The molecule has 0 radical (unpaired) electrons. The Morgan fingerprint density at radius 2 is 2.30 bits per heavy atom. The van der Waals surface area contributed by atoms with E-state index in [1.807, 2.05) is 0 Å². The molecule has 1 spiro atoms. The van der Waals surface area contributed by atoms with E-state index in [2.05, 4.69) is 0 Å². The van der Waals surface area contributed by atoms with Gasteiger partial charge in [0.15, 0.2) is 0 Å². The molecule has 2 nitrogen and oxygen atoms in total. The van der Waals surface area contributed by atoms with Crippen molar-refractivity contribution >= 4 is 0 Å². The fourth-order valence-electron chi connectivity index (χ4n) is 2.24. The Kier molecular flexibility index (Phi) is 1.46. The van der Waals surface area contributed by atoms with Crippen LogP contribution in [0.5, 0.6) is 0 Å². The van der Waals surface area contributed by atoms with Crippen LogP contribution in [0.1, 0.15) is 32.1 Å². The Labute approximate surface area is 61.7 Å². The molecule has 1 unspecified atom stereocenters. The number of rotatable bonds is 0. The van der Waals surface area contributed by atoms with Crippen LogP contribution in [0.3, 0.4) is 0 Å². The van der Waals surface area contributed by atoms with E-state index in [9.17, 15) is 0 Å². The molecule has 1 aliphatic heterocycles. The van der Waals surface area contributed by atoms with Crippen LogP contribution in [-0.4, -0.2) is 18.2 Å². The highest BCUT2D eigenvalue weighted by Crippen LogP contribution is 2.40. The lowest BCUT2D eigenvalue weighted by atomic mass is 9.98. The van der Waals surface area contributed by atoms with Crippen LogP contribution in [0.15, 0.2) is 0 Å². The first kappa shape index (κ1) is 6.62. The van der Waals surface area contributed by atoms with E-state index in [1.165, 1.54) is 25.7 Å². The molecule has 0 aromatic carbocycles. The normalized spacial score (nSPS) is 47.1. The van der Waals surface area contributed by atoms with E-state index >= 15 is 0 Å². The lowest BCUT2D eigenvalue weighted by molar-refractivity contribution is 0.00950. The minimum Gasteiger partial charge on any atom is -0.375 e. The zero-order valence-corrected chi connectivity index (χ0v) is 6.31. The summed E-state index contributed by atoms with van der Waals surface area (Å²) < 4.78 is 5.69. The molecule has 58 valence electrons. The Hall–Kier alpha value is -0.0800. The highest BCUT2D eigenvalue weighted by Gasteiger charge is 2.40. The smallest absolute Gasteiger partial charge is 0.0698 e. The molecule has 0 amide bonds. The standard InChI is InChI=1S/C8H15NO/c9-7-2-4-8(6-7)3-1-5-10-8/h7H,1-6,9H2/t7?,8-/m0/s1. The second-order valence-corrected chi connectivity index (χ2v) is 3.64. The van der Waals surface area contributed by atoms with Crippen molar-refractivity contribution in [3.63, 3.8) is 0 Å². The zero-order chi connectivity index (χ0) is 7.03. The predicted octanol–water partition coefficient (Wildman–Crippen LogP) is 1.05. The molecule has 0 aromatic heterocycles. The zero-order valence-electron chi connectivity index (χ0n) is 6.31. The molecule has 1 heterocycles. The highest BCUT2D eigenvalue weighted by atomic mass is 16.5. The summed E-state index contributed by atoms with van der Waals surface area (Å²) in [5, 5.41) is 0. The van der Waals surface area contributed by atoms with Gasteiger partial charge in [0.2, 0.25) is 0 Å². The fraction of sp³-hybridized carbons (Fsp3) is 1.00. The molecule has 10 heavy (non-hydrogen) atoms. The Morgan fingerprint density at radius 3 is 2.80 bits per heavy atom. The van der Waals surface area contributed by atoms with Gasteiger partial charge in [-0.3, -0.25) is 0 Å². The highest BCUT2D eigenvalue weighted by molar-refractivity contribution is 4.95. The molecule has 2 rings (SSSR count). The lowest BCUT2D eigenvalue weighted by Gasteiger charge is -2.21. The molecular formula is C8H15NO. The van der Waals surface area contributed by atoms with Gasteiger partial charge in [-0.2, -0.15) is 0 Å². The monoisotopic (exact) mass is 141 g/mol. The third kappa shape index (κ3) is 0.956. The van der Waals surface area contributed by atoms with Gasteiger partial charge in [0.05, 0.1) is 5.60 Å². The molecule has 2 heteroatoms. The van der Waals surface area contributed by atoms with Gasteiger partial charge >= 0.3 is 0 Å². The summed E-state index contributed by atoms with van der Waals surface area (Å²) >= 11 is 0. The number of hydrogen-bond donors (Lipinski definition) is 1. The quantitative estimate of drug-likeness (QED) is 0.547. The van der Waals surface area contributed by atoms with E-state index in [4.69, 9.17) is 10.5 Å². The molecule has 2 fully saturated rings. The second-order valence-electron chi connectivity index (χ2n) is 3.64. The Bertz CT molecular complexity index is 129. The SMILES string of the molecule is NC1CC[C@@]2(CCCO2)C1. The van der Waals surface area contributed by atoms with Gasteiger partial charge in [-0.1, -0.05) is 0 Å². The first-order chi connectivity index (χ1) is 4.81. The van der Waals surface area contributed by atoms with E-state index in [-0.39, 0.29) is 5.60 Å². The molecular weight excluding hydrogens is 126 g/mol. The fourth-order valence-corrected chi connectivity index (χ4v) is 2.24. The number of hydrogen-bond acceptors (Lipinski definition) is 2. The number of nitrogens with two attached hydrogens (primary N) is 1. The summed E-state index contributed by atoms with van der Waals surface area (Å²) in [6.07, 6.45) is 5.97. The van der Waals surface area contributed by atoms with Crippen molar-refractivity contribution in [3.05, 3.63) is 0 Å². The maximum absolute atomic E-state index is 5.81. The van der Waals surface area contributed by atoms with Gasteiger partial charge in [0.25, 0.3) is 0 Å². The van der Waals surface area contributed by atoms with E-state index in [1.54, 1.807) is 0 Å². The van der Waals surface area contributed by atoms with Crippen LogP contribution in [0.25, 0.3) is 0 Å². The lowest BCUT2D eigenvalue weighted by Crippen LogP contribution is -2.26. The van der Waals surface area contributed by atoms with E-state index in [0.29, 0.717) is 6.04 Å². The van der Waals surface area contributed by atoms with Gasteiger partial charge in [0.1, 0.15) is 0 Å². The van der Waals surface area contributed by atoms with Crippen molar-refractivity contribution in [2.75, 3.05) is 6.61 Å². The molecule has 2 N–H and O–H groups in total. The van der Waals surface area contributed by atoms with Crippen LogP contribution in [0, 0.1) is 0 Å². The van der Waals surface area contributed by atoms with Crippen molar-refractivity contribution in [2.45, 2.75) is 43.7 Å². The third-order valence-corrected chi connectivity index (χ3v) is 2.79. The summed E-state index contributed by atoms with van der Waals surface area (Å²) in [4.78, 5) is 0. The van der Waals surface area contributed by atoms with Gasteiger partial charge in [-0.15, -0.1) is 0 Å². The van der Waals surface area contributed by atoms with Gasteiger partial charge < -0.3 is 10.5 Å². The second kappa shape index (κ2) is 2.21. The Morgan fingerprint density at radius 1 is 1.40 bits per heavy atom. The molecule has 0 aromatic rings. The van der Waals surface area contributed by atoms with Crippen molar-refractivity contribution in [1.82, 2.24) is 0 Å². The maximum Gasteiger partial charge on any atom is 0.0698 e. The van der Waals surface area contributed by atoms with Crippen molar-refractivity contribution in [1.29, 1.82) is 0 Å². The average Bonchev–Trinajstić information content (AvgIpc) is 2.46. The maximum atomic E-state index is 5.81. The molecule has 1 saturated heterocycles. The largest absolute Gasteiger partial charge is 0.375 e. The molecule has 0 bridgehead atoms. The van der Waals surface area contributed by atoms with Crippen LogP contribution in [-0.2, 0) is 4.74 Å². The molecule has 2 aliphatic rings. The minimum atomic E-state index is 0.236. The number of ether oxygens (including phenoxy) is 1. The van der Waals surface area contributed by atoms with E-state index < -0.39 is 0 Å². The first-order valence-corrected chi connectivity index (χ1v) is 4.20. The van der Waals surface area contributed by atoms with Crippen molar-refractivity contribution in [2.24, 2.45) is 5.73 Å². The molecule has 1 aliphatic carbocycles. The molecule has 1 saturated carbocycles. The molecule has 2 atom stereocenters. The van der Waals surface area contributed by atoms with Gasteiger partial charge in [0, 0.05) is 12.6 Å². The minimum absolute atomic E-state index is 0.236. The van der Waals surface area contributed by atoms with E-state index in [0.717, 1.165) is 13.0 Å². The van der Waals surface area contributed by atoms with Crippen molar-refractivity contribution < 1.29 is 4.74 Å². The third-order valence-electron chi connectivity index (χ3n) is 2.79. The first-order valence-electron chi connectivity index (χ1n) is 4.20. The Balaban J connectivity index is 2.03. The van der Waals surface area contributed by atoms with Crippen molar-refractivity contribution in [3.8, 4) is 0 Å². The topological polar surface area (TPSA) is 35.2 Å². The van der Waals surface area contributed by atoms with Crippen LogP contribution in [0.2, 0.25) is 0 Å². The van der Waals surface area contributed by atoms with Crippen LogP contribution < -0.4 is 5.73 Å². The van der Waals surface area contributed by atoms with Crippen LogP contribution >= 0.6 is 0 Å². The summed E-state index contributed by atoms with van der Waals surface area (Å²) in [6, 6.07) is 0.415. The predicted molar refractivity (Wildman–Crippen MR) is 39.7 cm³/mol. The van der Waals surface area contributed by atoms with Gasteiger partial charge in [-0.05, 0) is 32.1 Å². The summed E-state index contributed by atoms with van der Waals surface area (Å²) in [7, 11) is 0. The van der Waals surface area contributed by atoms with Crippen LogP contribution in [0.4, 0.5) is 0 Å². The van der Waals surface area contributed by atoms with Gasteiger partial charge in [-0.25, -0.2) is 0 Å². The average molecular weight is 141 g/mol. The summed E-state index contributed by atoms with van der Waals surface area (Å²) in [5.74, 6) is 0. The summed E-state index contributed by atoms with van der Waals surface area (Å²) in [5.41, 5.74) is 6.04. The summed E-state index contributed by atoms with van der Waals surface area (Å²) in [6.45, 7) is 0.965.